The molecule has 0 N–H and O–H groups in total. The van der Waals surface area contributed by atoms with Crippen molar-refractivity contribution >= 4 is 11.6 Å². The minimum absolute atomic E-state index is 0.337. The number of benzene rings is 2. The lowest BCUT2D eigenvalue weighted by Gasteiger charge is -2.12. The van der Waals surface area contributed by atoms with E-state index in [-0.39, 0.29) is 5.82 Å². The molecule has 0 heterocycles. The second-order valence-electron chi connectivity index (χ2n) is 3.80. The standard InChI is InChI=1S/C14H11ClF2O/c1-18-11-6-7-12(13(17)8-11)14(15)9-2-4-10(16)5-3-9/h2-8,14H,1H3. The molecule has 1 atom stereocenters. The molecule has 0 aromatic heterocycles. The molecule has 2 aromatic rings. The van der Waals surface area contributed by atoms with E-state index >= 15 is 0 Å². The van der Waals surface area contributed by atoms with Crippen molar-refractivity contribution in [3.05, 3.63) is 65.2 Å². The third-order valence-corrected chi connectivity index (χ3v) is 3.13. The van der Waals surface area contributed by atoms with Gasteiger partial charge in [0.1, 0.15) is 17.4 Å². The van der Waals surface area contributed by atoms with Gasteiger partial charge in [-0.3, -0.25) is 0 Å². The summed E-state index contributed by atoms with van der Waals surface area (Å²) in [5.41, 5.74) is 0.978. The van der Waals surface area contributed by atoms with Gasteiger partial charge in [-0.15, -0.1) is 11.6 Å². The largest absolute Gasteiger partial charge is 0.497 e. The van der Waals surface area contributed by atoms with E-state index in [1.165, 1.54) is 37.4 Å². The minimum atomic E-state index is -0.656. The summed E-state index contributed by atoms with van der Waals surface area (Å²) in [4.78, 5) is 0. The third kappa shape index (κ3) is 2.62. The van der Waals surface area contributed by atoms with Gasteiger partial charge in [-0.2, -0.15) is 0 Å². The number of methoxy groups -OCH3 is 1. The Hall–Kier alpha value is -1.61. The molecular formula is C14H11ClF2O. The van der Waals surface area contributed by atoms with Crippen LogP contribution in [0.15, 0.2) is 42.5 Å². The normalized spacial score (nSPS) is 12.2. The molecule has 2 rings (SSSR count). The van der Waals surface area contributed by atoms with Gasteiger partial charge in [0, 0.05) is 11.6 Å². The predicted molar refractivity (Wildman–Crippen MR) is 67.0 cm³/mol. The topological polar surface area (TPSA) is 9.23 Å². The number of hydrogen-bond donors (Lipinski definition) is 0. The van der Waals surface area contributed by atoms with E-state index in [1.54, 1.807) is 12.1 Å². The van der Waals surface area contributed by atoms with Crippen molar-refractivity contribution in [2.75, 3.05) is 7.11 Å². The van der Waals surface area contributed by atoms with E-state index in [1.807, 2.05) is 0 Å². The van der Waals surface area contributed by atoms with Crippen LogP contribution < -0.4 is 4.74 Å². The van der Waals surface area contributed by atoms with Gasteiger partial charge in [-0.1, -0.05) is 18.2 Å². The third-order valence-electron chi connectivity index (χ3n) is 2.64. The maximum atomic E-state index is 13.8. The SMILES string of the molecule is COc1ccc(C(Cl)c2ccc(F)cc2)c(F)c1. The van der Waals surface area contributed by atoms with Crippen LogP contribution >= 0.6 is 11.6 Å². The Bertz CT molecular complexity index is 540. The van der Waals surface area contributed by atoms with E-state index in [9.17, 15) is 8.78 Å². The Balaban J connectivity index is 2.33. The zero-order valence-electron chi connectivity index (χ0n) is 9.66. The lowest BCUT2D eigenvalue weighted by molar-refractivity contribution is 0.410. The zero-order chi connectivity index (χ0) is 13.1. The first kappa shape index (κ1) is 12.8. The van der Waals surface area contributed by atoms with E-state index in [2.05, 4.69) is 0 Å². The first-order chi connectivity index (χ1) is 8.61. The molecule has 1 unspecified atom stereocenters. The van der Waals surface area contributed by atoms with Gasteiger partial charge in [0.2, 0.25) is 0 Å². The summed E-state index contributed by atoms with van der Waals surface area (Å²) in [6.45, 7) is 0. The van der Waals surface area contributed by atoms with Crippen LogP contribution in [0.3, 0.4) is 0 Å². The van der Waals surface area contributed by atoms with Gasteiger partial charge in [-0.25, -0.2) is 8.78 Å². The molecule has 0 fully saturated rings. The van der Waals surface area contributed by atoms with E-state index in [0.717, 1.165) is 0 Å². The molecule has 0 saturated carbocycles. The fourth-order valence-corrected chi connectivity index (χ4v) is 1.97. The number of alkyl halides is 1. The fourth-order valence-electron chi connectivity index (χ4n) is 1.65. The molecule has 0 bridgehead atoms. The van der Waals surface area contributed by atoms with Gasteiger partial charge in [0.25, 0.3) is 0 Å². The zero-order valence-corrected chi connectivity index (χ0v) is 10.4. The maximum Gasteiger partial charge on any atom is 0.131 e. The van der Waals surface area contributed by atoms with Gasteiger partial charge in [0.15, 0.2) is 0 Å². The molecule has 0 aliphatic carbocycles. The Morgan fingerprint density at radius 3 is 2.28 bits per heavy atom. The summed E-state index contributed by atoms with van der Waals surface area (Å²) >= 11 is 6.18. The molecule has 94 valence electrons. The lowest BCUT2D eigenvalue weighted by atomic mass is 10.0. The summed E-state index contributed by atoms with van der Waals surface area (Å²) in [5, 5.41) is -0.656. The van der Waals surface area contributed by atoms with E-state index in [0.29, 0.717) is 16.9 Å². The average molecular weight is 269 g/mol. The predicted octanol–water partition coefficient (Wildman–Crippen LogP) is 4.30. The summed E-state index contributed by atoms with van der Waals surface area (Å²) in [7, 11) is 1.46. The van der Waals surface area contributed by atoms with Crippen molar-refractivity contribution in [3.63, 3.8) is 0 Å². The summed E-state index contributed by atoms with van der Waals surface area (Å²) < 4.78 is 31.5. The summed E-state index contributed by atoms with van der Waals surface area (Å²) in [5.74, 6) is -0.365. The van der Waals surface area contributed by atoms with E-state index in [4.69, 9.17) is 16.3 Å². The van der Waals surface area contributed by atoms with Crippen LogP contribution in [0.5, 0.6) is 5.75 Å². The maximum absolute atomic E-state index is 13.8. The molecule has 0 spiro atoms. The second-order valence-corrected chi connectivity index (χ2v) is 4.24. The molecule has 0 saturated heterocycles. The minimum Gasteiger partial charge on any atom is -0.497 e. The molecule has 0 aliphatic rings. The molecule has 18 heavy (non-hydrogen) atoms. The van der Waals surface area contributed by atoms with Crippen molar-refractivity contribution < 1.29 is 13.5 Å². The number of rotatable bonds is 3. The molecular weight excluding hydrogens is 258 g/mol. The van der Waals surface area contributed by atoms with Crippen molar-refractivity contribution in [2.24, 2.45) is 0 Å². The smallest absolute Gasteiger partial charge is 0.131 e. The van der Waals surface area contributed by atoms with Crippen molar-refractivity contribution in [2.45, 2.75) is 5.38 Å². The highest BCUT2D eigenvalue weighted by molar-refractivity contribution is 6.22. The van der Waals surface area contributed by atoms with Crippen molar-refractivity contribution in [1.29, 1.82) is 0 Å². The van der Waals surface area contributed by atoms with Crippen LogP contribution in [0.1, 0.15) is 16.5 Å². The molecule has 2 aromatic carbocycles. The Morgan fingerprint density at radius 1 is 1.06 bits per heavy atom. The summed E-state index contributed by atoms with van der Waals surface area (Å²) in [6.07, 6.45) is 0. The number of ether oxygens (including phenoxy) is 1. The van der Waals surface area contributed by atoms with E-state index < -0.39 is 11.2 Å². The average Bonchev–Trinajstić information content (AvgIpc) is 2.38. The van der Waals surface area contributed by atoms with Crippen molar-refractivity contribution in [3.8, 4) is 5.75 Å². The van der Waals surface area contributed by atoms with Crippen LogP contribution in [0.4, 0.5) is 8.78 Å². The Morgan fingerprint density at radius 2 is 1.72 bits per heavy atom. The molecule has 0 aliphatic heterocycles. The van der Waals surface area contributed by atoms with Gasteiger partial charge in [-0.05, 0) is 23.8 Å². The molecule has 4 heteroatoms. The van der Waals surface area contributed by atoms with Crippen LogP contribution in [0.25, 0.3) is 0 Å². The second kappa shape index (κ2) is 5.36. The van der Waals surface area contributed by atoms with Crippen molar-refractivity contribution in [1.82, 2.24) is 0 Å². The number of hydrogen-bond acceptors (Lipinski definition) is 1. The molecule has 1 nitrogen and oxygen atoms in total. The lowest BCUT2D eigenvalue weighted by Crippen LogP contribution is -1.98. The summed E-state index contributed by atoms with van der Waals surface area (Å²) in [6, 6.07) is 10.1. The highest BCUT2D eigenvalue weighted by Crippen LogP contribution is 2.32. The van der Waals surface area contributed by atoms with Gasteiger partial charge >= 0.3 is 0 Å². The first-order valence-corrected chi connectivity index (χ1v) is 5.78. The molecule has 0 amide bonds. The van der Waals surface area contributed by atoms with Crippen LogP contribution in [-0.2, 0) is 0 Å². The highest BCUT2D eigenvalue weighted by Gasteiger charge is 2.15. The Labute approximate surface area is 109 Å². The van der Waals surface area contributed by atoms with Crippen LogP contribution in [0, 0.1) is 11.6 Å². The van der Waals surface area contributed by atoms with Gasteiger partial charge < -0.3 is 4.74 Å². The first-order valence-electron chi connectivity index (χ1n) is 5.35. The fraction of sp³-hybridized carbons (Fsp3) is 0.143. The van der Waals surface area contributed by atoms with Crippen LogP contribution in [0.2, 0.25) is 0 Å². The van der Waals surface area contributed by atoms with Gasteiger partial charge in [0.05, 0.1) is 12.5 Å². The quantitative estimate of drug-likeness (QED) is 0.754. The van der Waals surface area contributed by atoms with Crippen LogP contribution in [-0.4, -0.2) is 7.11 Å². The Kier molecular flexibility index (Phi) is 3.82. The monoisotopic (exact) mass is 268 g/mol. The number of halogens is 3. The molecule has 0 radical (unpaired) electrons. The highest BCUT2D eigenvalue weighted by atomic mass is 35.5.